The molecule has 0 aromatic heterocycles. The molecule has 0 spiro atoms. The van der Waals surface area contributed by atoms with Gasteiger partial charge in [-0.05, 0) is 41.0 Å². The van der Waals surface area contributed by atoms with E-state index in [1.54, 1.807) is 23.9 Å². The Bertz CT molecular complexity index is 1000. The first-order valence-electron chi connectivity index (χ1n) is 9.13. The number of halogens is 3. The minimum absolute atomic E-state index is 0.246. The van der Waals surface area contributed by atoms with Gasteiger partial charge in [0.1, 0.15) is 0 Å². The Morgan fingerprint density at radius 3 is 2.23 bits per heavy atom. The standard InChI is InChI=1S/C23H19F3N2OS/c24-23(25,26)21-8-4-7-19(13-21)14-27-28-22(29)20-11-9-18(10-12-20)16-30-15-17-5-2-1-3-6-17/h1-14H,15-16H2,(H,28,29)/b27-14-. The third-order valence-corrected chi connectivity index (χ3v) is 5.26. The maximum atomic E-state index is 12.7. The third-order valence-electron chi connectivity index (χ3n) is 4.19. The van der Waals surface area contributed by atoms with E-state index in [2.05, 4.69) is 22.7 Å². The van der Waals surface area contributed by atoms with Crippen LogP contribution in [0.1, 0.15) is 32.6 Å². The SMILES string of the molecule is O=C(N/N=C\c1cccc(C(F)(F)F)c1)c1ccc(CSCc2ccccc2)cc1. The molecule has 1 N–H and O–H groups in total. The van der Waals surface area contributed by atoms with Crippen LogP contribution in [0.5, 0.6) is 0 Å². The van der Waals surface area contributed by atoms with E-state index in [0.717, 1.165) is 29.2 Å². The topological polar surface area (TPSA) is 41.5 Å². The Morgan fingerprint density at radius 1 is 0.900 bits per heavy atom. The van der Waals surface area contributed by atoms with Crippen molar-refractivity contribution in [1.82, 2.24) is 5.43 Å². The number of nitrogens with one attached hydrogen (secondary N) is 1. The lowest BCUT2D eigenvalue weighted by molar-refractivity contribution is -0.137. The molecule has 0 radical (unpaired) electrons. The summed E-state index contributed by atoms with van der Waals surface area (Å²) >= 11 is 1.78. The van der Waals surface area contributed by atoms with Gasteiger partial charge in [-0.25, -0.2) is 5.43 Å². The van der Waals surface area contributed by atoms with Crippen LogP contribution in [0.15, 0.2) is 84.0 Å². The first-order valence-corrected chi connectivity index (χ1v) is 10.3. The number of hydrazone groups is 1. The molecule has 0 aliphatic carbocycles. The number of nitrogens with zero attached hydrogens (tertiary/aromatic N) is 1. The van der Waals surface area contributed by atoms with E-state index in [9.17, 15) is 18.0 Å². The van der Waals surface area contributed by atoms with Crippen molar-refractivity contribution in [3.63, 3.8) is 0 Å². The second-order valence-corrected chi connectivity index (χ2v) is 7.48. The monoisotopic (exact) mass is 428 g/mol. The van der Waals surface area contributed by atoms with Crippen molar-refractivity contribution in [2.45, 2.75) is 17.7 Å². The van der Waals surface area contributed by atoms with Gasteiger partial charge in [0.15, 0.2) is 0 Å². The molecule has 0 aliphatic rings. The van der Waals surface area contributed by atoms with Crippen LogP contribution < -0.4 is 5.43 Å². The number of rotatable bonds is 7. The van der Waals surface area contributed by atoms with Gasteiger partial charge in [0, 0.05) is 17.1 Å². The largest absolute Gasteiger partial charge is 0.416 e. The zero-order valence-corrected chi connectivity index (χ0v) is 16.7. The first kappa shape index (κ1) is 21.6. The summed E-state index contributed by atoms with van der Waals surface area (Å²) in [6.07, 6.45) is -3.24. The van der Waals surface area contributed by atoms with Gasteiger partial charge in [-0.1, -0.05) is 54.6 Å². The number of alkyl halides is 3. The van der Waals surface area contributed by atoms with Crippen LogP contribution in [0.3, 0.4) is 0 Å². The van der Waals surface area contributed by atoms with Crippen molar-refractivity contribution in [2.24, 2.45) is 5.10 Å². The molecule has 30 heavy (non-hydrogen) atoms. The molecule has 0 heterocycles. The molecule has 1 amide bonds. The van der Waals surface area contributed by atoms with E-state index in [-0.39, 0.29) is 5.56 Å². The van der Waals surface area contributed by atoms with E-state index in [1.807, 2.05) is 30.3 Å². The molecule has 3 rings (SSSR count). The minimum Gasteiger partial charge on any atom is -0.267 e. The predicted molar refractivity (Wildman–Crippen MR) is 114 cm³/mol. The molecule has 154 valence electrons. The molecule has 0 fully saturated rings. The van der Waals surface area contributed by atoms with Gasteiger partial charge >= 0.3 is 6.18 Å². The Hall–Kier alpha value is -3.06. The Morgan fingerprint density at radius 2 is 1.57 bits per heavy atom. The number of amides is 1. The first-order chi connectivity index (χ1) is 14.4. The van der Waals surface area contributed by atoms with Crippen LogP contribution in [-0.4, -0.2) is 12.1 Å². The smallest absolute Gasteiger partial charge is 0.267 e. The highest BCUT2D eigenvalue weighted by Gasteiger charge is 2.30. The van der Waals surface area contributed by atoms with Crippen molar-refractivity contribution in [3.05, 3.63) is 107 Å². The number of carbonyl (C=O) groups is 1. The van der Waals surface area contributed by atoms with E-state index in [4.69, 9.17) is 0 Å². The molecule has 0 bridgehead atoms. The van der Waals surface area contributed by atoms with Crippen molar-refractivity contribution >= 4 is 23.9 Å². The number of hydrogen-bond donors (Lipinski definition) is 1. The van der Waals surface area contributed by atoms with Gasteiger partial charge in [0.05, 0.1) is 11.8 Å². The summed E-state index contributed by atoms with van der Waals surface area (Å²) in [6.45, 7) is 0. The summed E-state index contributed by atoms with van der Waals surface area (Å²) in [4.78, 5) is 12.2. The molecule has 3 aromatic rings. The average molecular weight is 428 g/mol. The second kappa shape index (κ2) is 10.1. The average Bonchev–Trinajstić information content (AvgIpc) is 2.74. The zero-order valence-electron chi connectivity index (χ0n) is 15.9. The summed E-state index contributed by atoms with van der Waals surface area (Å²) in [6, 6.07) is 22.1. The second-order valence-electron chi connectivity index (χ2n) is 6.50. The fourth-order valence-corrected chi connectivity index (χ4v) is 3.60. The fraction of sp³-hybridized carbons (Fsp3) is 0.130. The van der Waals surface area contributed by atoms with E-state index in [1.165, 1.54) is 23.9 Å². The molecule has 0 saturated heterocycles. The number of thioether (sulfide) groups is 1. The minimum atomic E-state index is -4.42. The van der Waals surface area contributed by atoms with Crippen LogP contribution in [0.4, 0.5) is 13.2 Å². The molecular weight excluding hydrogens is 409 g/mol. The maximum absolute atomic E-state index is 12.7. The maximum Gasteiger partial charge on any atom is 0.416 e. The van der Waals surface area contributed by atoms with E-state index in [0.29, 0.717) is 5.56 Å². The number of carbonyl (C=O) groups excluding carboxylic acids is 1. The van der Waals surface area contributed by atoms with Crippen molar-refractivity contribution in [1.29, 1.82) is 0 Å². The molecule has 0 atom stereocenters. The third kappa shape index (κ3) is 6.49. The van der Waals surface area contributed by atoms with E-state index < -0.39 is 17.6 Å². The summed E-state index contributed by atoms with van der Waals surface area (Å²) < 4.78 is 38.2. The Labute approximate surface area is 177 Å². The molecule has 7 heteroatoms. The fourth-order valence-electron chi connectivity index (χ4n) is 2.64. The van der Waals surface area contributed by atoms with E-state index >= 15 is 0 Å². The highest BCUT2D eigenvalue weighted by molar-refractivity contribution is 7.97. The van der Waals surface area contributed by atoms with Gasteiger partial charge in [0.25, 0.3) is 5.91 Å². The molecule has 0 saturated carbocycles. The molecule has 0 unspecified atom stereocenters. The molecule has 0 aliphatic heterocycles. The molecule has 3 nitrogen and oxygen atoms in total. The van der Waals surface area contributed by atoms with Crippen molar-refractivity contribution < 1.29 is 18.0 Å². The summed E-state index contributed by atoms with van der Waals surface area (Å²) in [7, 11) is 0. The summed E-state index contributed by atoms with van der Waals surface area (Å²) in [5.74, 6) is 1.30. The lowest BCUT2D eigenvalue weighted by Gasteiger charge is -2.06. The number of hydrogen-bond acceptors (Lipinski definition) is 3. The quantitative estimate of drug-likeness (QED) is 0.376. The zero-order chi connectivity index (χ0) is 21.4. The van der Waals surface area contributed by atoms with Crippen molar-refractivity contribution in [2.75, 3.05) is 0 Å². The van der Waals surface area contributed by atoms with Crippen molar-refractivity contribution in [3.8, 4) is 0 Å². The van der Waals surface area contributed by atoms with Crippen LogP contribution in [0.25, 0.3) is 0 Å². The van der Waals surface area contributed by atoms with Crippen LogP contribution >= 0.6 is 11.8 Å². The lowest BCUT2D eigenvalue weighted by atomic mass is 10.1. The highest BCUT2D eigenvalue weighted by atomic mass is 32.2. The van der Waals surface area contributed by atoms with Crippen LogP contribution in [0, 0.1) is 0 Å². The van der Waals surface area contributed by atoms with Crippen LogP contribution in [0.2, 0.25) is 0 Å². The highest BCUT2D eigenvalue weighted by Crippen LogP contribution is 2.29. The van der Waals surface area contributed by atoms with Gasteiger partial charge < -0.3 is 0 Å². The molecule has 3 aromatic carbocycles. The molecular formula is C23H19F3N2OS. The number of benzene rings is 3. The predicted octanol–water partition coefficient (Wildman–Crippen LogP) is 5.90. The Kier molecular flexibility index (Phi) is 7.30. The van der Waals surface area contributed by atoms with Gasteiger partial charge in [-0.2, -0.15) is 30.0 Å². The van der Waals surface area contributed by atoms with Gasteiger partial charge in [0.2, 0.25) is 0 Å². The summed E-state index contributed by atoms with van der Waals surface area (Å²) in [5.41, 5.74) is 4.60. The summed E-state index contributed by atoms with van der Waals surface area (Å²) in [5, 5.41) is 3.75. The lowest BCUT2D eigenvalue weighted by Crippen LogP contribution is -2.17. The normalized spacial score (nSPS) is 11.6. The Balaban J connectivity index is 1.50. The van der Waals surface area contributed by atoms with Crippen LogP contribution in [-0.2, 0) is 17.7 Å². The van der Waals surface area contributed by atoms with Gasteiger partial charge in [-0.15, -0.1) is 0 Å². The van der Waals surface area contributed by atoms with Gasteiger partial charge in [-0.3, -0.25) is 4.79 Å².